The quantitative estimate of drug-likeness (QED) is 0.276. The molecular weight excluding hydrogens is 133 g/mol. The van der Waals surface area contributed by atoms with Crippen molar-refractivity contribution in [1.82, 2.24) is 0 Å². The second-order valence-corrected chi connectivity index (χ2v) is 0.0816. The Hall–Kier alpha value is -0.347. The molecule has 0 spiro atoms. The van der Waals surface area contributed by atoms with Gasteiger partial charge in [-0.2, -0.15) is 0 Å². The van der Waals surface area contributed by atoms with Crippen LogP contribution < -0.4 is 0 Å². The second-order valence-electron chi connectivity index (χ2n) is 0.0816. The average Bonchev–Trinajstić information content (AvgIpc) is 1.46. The van der Waals surface area contributed by atoms with E-state index in [2.05, 4.69) is 0 Å². The van der Waals surface area contributed by atoms with Crippen LogP contribution >= 0.6 is 0 Å². The van der Waals surface area contributed by atoms with Crippen LogP contribution in [0.5, 0.6) is 0 Å². The van der Waals surface area contributed by atoms with Crippen molar-refractivity contribution in [2.45, 2.75) is 0 Å². The zero-order valence-corrected chi connectivity index (χ0v) is 4.75. The molecule has 0 radical (unpaired) electrons. The first-order valence-electron chi connectivity index (χ1n) is 0.641. The van der Waals surface area contributed by atoms with Crippen molar-refractivity contribution in [2.75, 3.05) is 0 Å². The molecule has 0 saturated carbocycles. The predicted molar refractivity (Wildman–Crippen MR) is 16.5 cm³/mol. The standard InChI is InChI=1S/GeHN.HNO2/c1-2;2-1-3/h1H;(H,2,3). The van der Waals surface area contributed by atoms with Crippen LogP contribution in [0.3, 0.4) is 0 Å². The van der Waals surface area contributed by atoms with Gasteiger partial charge in [-0.1, -0.05) is 0 Å². The van der Waals surface area contributed by atoms with Crippen molar-refractivity contribution in [3.63, 3.8) is 0 Å². The van der Waals surface area contributed by atoms with Crippen molar-refractivity contribution >= 4 is 16.1 Å². The van der Waals surface area contributed by atoms with Gasteiger partial charge >= 0.3 is 20.3 Å². The summed E-state index contributed by atoms with van der Waals surface area (Å²) in [6, 6.07) is 0. The van der Waals surface area contributed by atoms with Crippen LogP contribution in [0, 0.1) is 9.05 Å². The first-order valence-corrected chi connectivity index (χ1v) is 1.72. The van der Waals surface area contributed by atoms with Crippen LogP contribution in [0.15, 0.2) is 5.34 Å². The van der Waals surface area contributed by atoms with Crippen molar-refractivity contribution in [3.8, 4) is 0 Å². The third kappa shape index (κ3) is 82.8. The SMILES string of the molecule is O=NO.[N]#[GeH]. The van der Waals surface area contributed by atoms with E-state index in [9.17, 15) is 0 Å². The summed E-state index contributed by atoms with van der Waals surface area (Å²) < 4.78 is 7.06. The number of hydrogen-bond donors (Lipinski definition) is 1. The van der Waals surface area contributed by atoms with E-state index < -0.39 is 0 Å². The molecule has 0 aliphatic carbocycles. The van der Waals surface area contributed by atoms with Crippen LogP contribution in [0.1, 0.15) is 0 Å². The van der Waals surface area contributed by atoms with E-state index in [0.29, 0.717) is 16.1 Å². The molecule has 28 valence electrons. The van der Waals surface area contributed by atoms with Gasteiger partial charge in [0.15, 0.2) is 5.34 Å². The van der Waals surface area contributed by atoms with E-state index in [1.165, 1.54) is 5.34 Å². The van der Waals surface area contributed by atoms with E-state index in [0.717, 1.165) is 0 Å². The average molecular weight is 135 g/mol. The minimum atomic E-state index is 0.688. The molecule has 0 aliphatic rings. The van der Waals surface area contributed by atoms with E-state index in [1.54, 1.807) is 0 Å². The summed E-state index contributed by atoms with van der Waals surface area (Å²) in [5.74, 6) is 0. The summed E-state index contributed by atoms with van der Waals surface area (Å²) in [6.07, 6.45) is 0. The number of rotatable bonds is 0. The van der Waals surface area contributed by atoms with Crippen LogP contribution in [-0.4, -0.2) is 21.4 Å². The molecule has 0 aliphatic heterocycles. The third-order valence-corrected chi connectivity index (χ3v) is 0. The molecule has 0 fully saturated rings. The van der Waals surface area contributed by atoms with Crippen molar-refractivity contribution in [2.24, 2.45) is 5.34 Å². The van der Waals surface area contributed by atoms with Crippen molar-refractivity contribution in [1.29, 1.82) is 4.14 Å². The molecule has 0 aromatic carbocycles. The maximum atomic E-state index is 8.11. The summed E-state index contributed by atoms with van der Waals surface area (Å²) in [5.41, 5.74) is 0. The first kappa shape index (κ1) is 8.82. The van der Waals surface area contributed by atoms with Gasteiger partial charge in [-0.05, 0) is 0 Å². The van der Waals surface area contributed by atoms with Gasteiger partial charge in [0.2, 0.25) is 0 Å². The molecule has 0 aromatic rings. The molecule has 0 aromatic heterocycles. The fraction of sp³-hybridized carbons (Fsp3) is 0. The van der Waals surface area contributed by atoms with Gasteiger partial charge in [-0.25, -0.2) is 0 Å². The fourth-order valence-corrected chi connectivity index (χ4v) is 0. The molecule has 0 bridgehead atoms. The van der Waals surface area contributed by atoms with Gasteiger partial charge in [-0.3, -0.25) is 0 Å². The molecule has 0 atom stereocenters. The Morgan fingerprint density at radius 1 is 1.80 bits per heavy atom. The van der Waals surface area contributed by atoms with Gasteiger partial charge in [0.25, 0.3) is 0 Å². The second kappa shape index (κ2) is 60.3. The molecule has 0 rings (SSSR count). The summed E-state index contributed by atoms with van der Waals surface area (Å²) in [7, 11) is 0. The Labute approximate surface area is 36.6 Å². The predicted octanol–water partition coefficient (Wildman–Crippen LogP) is -0.491. The molecule has 0 saturated heterocycles. The molecule has 1 N–H and O–H groups in total. The molecule has 5 heavy (non-hydrogen) atoms. The van der Waals surface area contributed by atoms with Crippen LogP contribution in [-0.2, 0) is 0 Å². The van der Waals surface area contributed by atoms with E-state index in [-0.39, 0.29) is 0 Å². The summed E-state index contributed by atoms with van der Waals surface area (Å²) in [4.78, 5) is 8.11. The molecule has 4 nitrogen and oxygen atoms in total. The molecule has 0 amide bonds. The Balaban J connectivity index is 0. The zero-order chi connectivity index (χ0) is 4.71. The van der Waals surface area contributed by atoms with Gasteiger partial charge < -0.3 is 5.21 Å². The van der Waals surface area contributed by atoms with Crippen LogP contribution in [0.25, 0.3) is 0 Å². The van der Waals surface area contributed by atoms with Gasteiger partial charge in [0, 0.05) is 0 Å². The van der Waals surface area contributed by atoms with Crippen molar-refractivity contribution < 1.29 is 5.21 Å². The maximum absolute atomic E-state index is 8.11. The number of hydrogen-bond acceptors (Lipinski definition) is 3. The van der Waals surface area contributed by atoms with Crippen LogP contribution in [0.2, 0.25) is 0 Å². The Kier molecular flexibility index (Phi) is 106. The summed E-state index contributed by atoms with van der Waals surface area (Å²) in [5, 5.41) is 7.89. The normalized spacial score (nSPS) is 2.80. The molecule has 0 heterocycles. The van der Waals surface area contributed by atoms with E-state index >= 15 is 0 Å². The van der Waals surface area contributed by atoms with Crippen LogP contribution in [0.4, 0.5) is 0 Å². The summed E-state index contributed by atoms with van der Waals surface area (Å²) in [6.45, 7) is 0. The topological polar surface area (TPSA) is 73.4 Å². The number of nitrogens with zero attached hydrogens (tertiary/aromatic N) is 2. The van der Waals surface area contributed by atoms with E-state index in [4.69, 9.17) is 14.3 Å². The first-order chi connectivity index (χ1) is 2.41. The monoisotopic (exact) mass is 136 g/mol. The van der Waals surface area contributed by atoms with Gasteiger partial charge in [-0.15, -0.1) is 4.91 Å². The van der Waals surface area contributed by atoms with Crippen molar-refractivity contribution in [3.05, 3.63) is 4.91 Å². The molecular formula is H2GeN2O2. The van der Waals surface area contributed by atoms with E-state index in [1.807, 2.05) is 0 Å². The fourth-order valence-electron chi connectivity index (χ4n) is 0. The van der Waals surface area contributed by atoms with Gasteiger partial charge in [0.05, 0.1) is 0 Å². The van der Waals surface area contributed by atoms with Gasteiger partial charge in [0.1, 0.15) is 0 Å². The zero-order valence-electron chi connectivity index (χ0n) is 2.33. The minimum absolute atomic E-state index is 0.688. The third-order valence-electron chi connectivity index (χ3n) is 0. The Morgan fingerprint density at radius 2 is 1.80 bits per heavy atom. The Morgan fingerprint density at radius 3 is 1.80 bits per heavy atom. The molecule has 5 heteroatoms. The molecule has 0 unspecified atom stereocenters. The summed E-state index contributed by atoms with van der Waals surface area (Å²) >= 11 is 0.688. The Bertz CT molecular complexity index is 31.9.